The molecule has 3 rings (SSSR count). The lowest BCUT2D eigenvalue weighted by Crippen LogP contribution is -2.47. The fourth-order valence-corrected chi connectivity index (χ4v) is 4.19. The topological polar surface area (TPSA) is 96.8 Å². The van der Waals surface area contributed by atoms with Crippen molar-refractivity contribution in [1.29, 1.82) is 0 Å². The van der Waals surface area contributed by atoms with Crippen LogP contribution < -0.4 is 10.9 Å². The molecule has 36 heavy (non-hydrogen) atoms. The van der Waals surface area contributed by atoms with E-state index in [-0.39, 0.29) is 18.7 Å². The number of para-hydroxylation sites is 1. The molecular weight excluding hydrogens is 526 g/mol. The normalized spacial score (nSPS) is 11.9. The van der Waals surface area contributed by atoms with Crippen molar-refractivity contribution in [2.75, 3.05) is 40.3 Å². The number of likely N-dealkylation sites (N-methyl/N-ethyl adjacent to an activating group) is 1. The number of benzene rings is 2. The van der Waals surface area contributed by atoms with Gasteiger partial charge in [-0.25, -0.2) is 9.78 Å². The molecule has 0 saturated carbocycles. The molecule has 2 amide bonds. The molecule has 2 aromatic carbocycles. The summed E-state index contributed by atoms with van der Waals surface area (Å²) < 4.78 is 7.41. The lowest BCUT2D eigenvalue weighted by molar-refractivity contribution is -0.141. The highest BCUT2D eigenvalue weighted by molar-refractivity contribution is 9.10. The smallest absolute Gasteiger partial charge is 0.325 e. The second-order valence-corrected chi connectivity index (χ2v) is 9.40. The maximum absolute atomic E-state index is 13.7. The minimum Gasteiger partial charge on any atom is -0.465 e. The van der Waals surface area contributed by atoms with E-state index in [2.05, 4.69) is 21.2 Å². The molecule has 0 fully saturated rings. The van der Waals surface area contributed by atoms with E-state index in [1.165, 1.54) is 0 Å². The van der Waals surface area contributed by atoms with E-state index in [4.69, 9.17) is 9.72 Å². The summed E-state index contributed by atoms with van der Waals surface area (Å²) in [6.07, 6.45) is 0.502. The van der Waals surface area contributed by atoms with Crippen LogP contribution in [0.3, 0.4) is 0 Å². The number of carbonyl (C=O) groups excluding carboxylic acids is 2. The van der Waals surface area contributed by atoms with E-state index >= 15 is 0 Å². The standard InChI is InChI=1S/C26H32BrN5O4/c1-5-22(31(16-15-30(3)4)26(35)28-17-23(33)36-6-2)24-29-21-10-8-7-9-20(21)25(34)32(24)19-13-11-18(27)12-14-19/h7-14,22H,5-6,15-17H2,1-4H3,(H,28,35). The molecule has 1 N–H and O–H groups in total. The van der Waals surface area contributed by atoms with Crippen LogP contribution in [0.4, 0.5) is 4.79 Å². The van der Waals surface area contributed by atoms with Gasteiger partial charge in [0.2, 0.25) is 0 Å². The van der Waals surface area contributed by atoms with Crippen molar-refractivity contribution in [3.05, 3.63) is 69.2 Å². The van der Waals surface area contributed by atoms with Gasteiger partial charge in [-0.1, -0.05) is 35.0 Å². The van der Waals surface area contributed by atoms with Gasteiger partial charge in [-0.15, -0.1) is 0 Å². The molecule has 0 saturated heterocycles. The number of hydrogen-bond acceptors (Lipinski definition) is 6. The Hall–Kier alpha value is -3.24. The summed E-state index contributed by atoms with van der Waals surface area (Å²) in [5.74, 6) is -0.0596. The minimum absolute atomic E-state index is 0.212. The van der Waals surface area contributed by atoms with Crippen molar-refractivity contribution < 1.29 is 14.3 Å². The number of esters is 1. The maximum Gasteiger partial charge on any atom is 0.325 e. The van der Waals surface area contributed by atoms with Crippen LogP contribution in [0.5, 0.6) is 0 Å². The lowest BCUT2D eigenvalue weighted by Gasteiger charge is -2.33. The summed E-state index contributed by atoms with van der Waals surface area (Å²) in [5.41, 5.74) is 0.995. The third-order valence-corrected chi connectivity index (χ3v) is 6.21. The van der Waals surface area contributed by atoms with Crippen molar-refractivity contribution in [1.82, 2.24) is 24.7 Å². The second-order valence-electron chi connectivity index (χ2n) is 8.49. The third kappa shape index (κ3) is 6.50. The number of hydrogen-bond donors (Lipinski definition) is 1. The van der Waals surface area contributed by atoms with Gasteiger partial charge in [0, 0.05) is 17.6 Å². The number of amides is 2. The first-order valence-corrected chi connectivity index (χ1v) is 12.7. The van der Waals surface area contributed by atoms with Crippen LogP contribution in [0, 0.1) is 0 Å². The van der Waals surface area contributed by atoms with Gasteiger partial charge in [-0.3, -0.25) is 14.2 Å². The molecular formula is C26H32BrN5O4. The molecule has 10 heteroatoms. The number of aromatic nitrogens is 2. The fraction of sp³-hybridized carbons (Fsp3) is 0.385. The Labute approximate surface area is 219 Å². The van der Waals surface area contributed by atoms with Crippen LogP contribution in [-0.2, 0) is 9.53 Å². The molecule has 9 nitrogen and oxygen atoms in total. The van der Waals surface area contributed by atoms with Gasteiger partial charge in [0.15, 0.2) is 0 Å². The molecule has 0 aliphatic heterocycles. The Morgan fingerprint density at radius 2 is 1.78 bits per heavy atom. The van der Waals surface area contributed by atoms with E-state index < -0.39 is 18.0 Å². The summed E-state index contributed by atoms with van der Waals surface area (Å²) in [6.45, 7) is 4.59. The minimum atomic E-state index is -0.534. The van der Waals surface area contributed by atoms with E-state index in [1.807, 2.05) is 56.3 Å². The predicted molar refractivity (Wildman–Crippen MR) is 143 cm³/mol. The van der Waals surface area contributed by atoms with Crippen LogP contribution in [0.2, 0.25) is 0 Å². The van der Waals surface area contributed by atoms with Gasteiger partial charge in [0.1, 0.15) is 12.4 Å². The Bertz CT molecular complexity index is 1260. The first-order chi connectivity index (χ1) is 17.3. The number of fused-ring (bicyclic) bond motifs is 1. The average molecular weight is 558 g/mol. The monoisotopic (exact) mass is 557 g/mol. The second kappa shape index (κ2) is 12.6. The molecule has 0 aliphatic rings. The van der Waals surface area contributed by atoms with Gasteiger partial charge in [0.05, 0.1) is 29.2 Å². The number of nitrogens with zero attached hydrogens (tertiary/aromatic N) is 4. The third-order valence-electron chi connectivity index (χ3n) is 5.69. The largest absolute Gasteiger partial charge is 0.465 e. The summed E-state index contributed by atoms with van der Waals surface area (Å²) >= 11 is 3.45. The summed E-state index contributed by atoms with van der Waals surface area (Å²) in [6, 6.07) is 13.6. The van der Waals surface area contributed by atoms with Gasteiger partial charge < -0.3 is 19.9 Å². The zero-order valence-corrected chi connectivity index (χ0v) is 22.6. The van der Waals surface area contributed by atoms with Crippen molar-refractivity contribution >= 4 is 38.8 Å². The lowest BCUT2D eigenvalue weighted by atomic mass is 10.1. The highest BCUT2D eigenvalue weighted by atomic mass is 79.9. The number of carbonyl (C=O) groups is 2. The SMILES string of the molecule is CCOC(=O)CNC(=O)N(CCN(C)C)C(CC)c1nc2ccccc2c(=O)n1-c1ccc(Br)cc1. The van der Waals surface area contributed by atoms with Crippen molar-refractivity contribution in [3.8, 4) is 5.69 Å². The van der Waals surface area contributed by atoms with Crippen molar-refractivity contribution in [2.24, 2.45) is 0 Å². The van der Waals surface area contributed by atoms with Crippen LogP contribution in [0.25, 0.3) is 16.6 Å². The molecule has 3 aromatic rings. The molecule has 1 atom stereocenters. The summed E-state index contributed by atoms with van der Waals surface area (Å²) in [4.78, 5) is 47.4. The van der Waals surface area contributed by atoms with Crippen molar-refractivity contribution in [3.63, 3.8) is 0 Å². The molecule has 192 valence electrons. The van der Waals surface area contributed by atoms with Crippen LogP contribution in [0.1, 0.15) is 32.1 Å². The zero-order valence-electron chi connectivity index (χ0n) is 21.0. The highest BCUT2D eigenvalue weighted by Crippen LogP contribution is 2.26. The van der Waals surface area contributed by atoms with Crippen molar-refractivity contribution in [2.45, 2.75) is 26.3 Å². The van der Waals surface area contributed by atoms with Gasteiger partial charge in [0.25, 0.3) is 5.56 Å². The Morgan fingerprint density at radius 1 is 1.08 bits per heavy atom. The Kier molecular flexibility index (Phi) is 9.60. The Balaban J connectivity index is 2.14. The van der Waals surface area contributed by atoms with Gasteiger partial charge in [-0.2, -0.15) is 0 Å². The molecule has 0 aliphatic carbocycles. The number of rotatable bonds is 10. The highest BCUT2D eigenvalue weighted by Gasteiger charge is 2.29. The summed E-state index contributed by atoms with van der Waals surface area (Å²) in [7, 11) is 3.84. The van der Waals surface area contributed by atoms with Crippen LogP contribution in [0.15, 0.2) is 57.8 Å². The van der Waals surface area contributed by atoms with Gasteiger partial charge in [-0.05, 0) is 63.8 Å². The predicted octanol–water partition coefficient (Wildman–Crippen LogP) is 3.74. The van der Waals surface area contributed by atoms with Crippen LogP contribution in [-0.4, -0.2) is 71.7 Å². The zero-order chi connectivity index (χ0) is 26.2. The molecule has 0 bridgehead atoms. The number of nitrogens with one attached hydrogen (secondary N) is 1. The average Bonchev–Trinajstić information content (AvgIpc) is 2.86. The molecule has 1 aromatic heterocycles. The molecule has 0 radical (unpaired) electrons. The molecule has 1 unspecified atom stereocenters. The van der Waals surface area contributed by atoms with E-state index in [0.29, 0.717) is 41.9 Å². The Morgan fingerprint density at radius 3 is 2.42 bits per heavy atom. The number of halogens is 1. The first kappa shape index (κ1) is 27.3. The molecule has 0 spiro atoms. The first-order valence-electron chi connectivity index (χ1n) is 11.9. The fourth-order valence-electron chi connectivity index (χ4n) is 3.92. The van der Waals surface area contributed by atoms with E-state index in [9.17, 15) is 14.4 Å². The number of ether oxygens (including phenoxy) is 1. The van der Waals surface area contributed by atoms with Gasteiger partial charge >= 0.3 is 12.0 Å². The van der Waals surface area contributed by atoms with E-state index in [1.54, 1.807) is 34.6 Å². The van der Waals surface area contributed by atoms with E-state index in [0.717, 1.165) is 4.47 Å². The van der Waals surface area contributed by atoms with Crippen LogP contribution >= 0.6 is 15.9 Å². The number of urea groups is 1. The maximum atomic E-state index is 13.7. The molecule has 1 heterocycles. The summed E-state index contributed by atoms with van der Waals surface area (Å²) in [5, 5.41) is 3.16. The quantitative estimate of drug-likeness (QED) is 0.381.